The lowest BCUT2D eigenvalue weighted by Gasteiger charge is -2.10. The second kappa shape index (κ2) is 4.76. The van der Waals surface area contributed by atoms with E-state index >= 15 is 0 Å². The number of aliphatic hydroxyl groups is 1. The summed E-state index contributed by atoms with van der Waals surface area (Å²) >= 11 is 0. The van der Waals surface area contributed by atoms with Gasteiger partial charge in [0.25, 0.3) is 5.69 Å². The first kappa shape index (κ1) is 11.3. The zero-order valence-electron chi connectivity index (χ0n) is 8.98. The van der Waals surface area contributed by atoms with E-state index in [1.807, 2.05) is 30.3 Å². The van der Waals surface area contributed by atoms with E-state index in [-0.39, 0.29) is 5.69 Å². The topological polar surface area (TPSA) is 63.4 Å². The summed E-state index contributed by atoms with van der Waals surface area (Å²) in [5.41, 5.74) is 1.43. The van der Waals surface area contributed by atoms with Gasteiger partial charge in [0, 0.05) is 12.1 Å². The molecule has 1 atom stereocenters. The third-order valence-corrected chi connectivity index (χ3v) is 2.53. The van der Waals surface area contributed by atoms with Gasteiger partial charge in [0.2, 0.25) is 0 Å². The van der Waals surface area contributed by atoms with Crippen molar-refractivity contribution in [1.29, 1.82) is 0 Å². The van der Waals surface area contributed by atoms with Gasteiger partial charge in [-0.1, -0.05) is 30.3 Å². The van der Waals surface area contributed by atoms with Crippen molar-refractivity contribution in [1.82, 2.24) is 0 Å². The van der Waals surface area contributed by atoms with Crippen LogP contribution in [0.25, 0.3) is 0 Å². The quantitative estimate of drug-likeness (QED) is 0.650. The molecule has 86 valence electrons. The summed E-state index contributed by atoms with van der Waals surface area (Å²) in [4.78, 5) is 10.0. The summed E-state index contributed by atoms with van der Waals surface area (Å²) in [7, 11) is 0. The Morgan fingerprint density at radius 3 is 2.00 bits per heavy atom. The van der Waals surface area contributed by atoms with Gasteiger partial charge >= 0.3 is 0 Å². The minimum absolute atomic E-state index is 0.0222. The molecule has 0 radical (unpaired) electrons. The normalized spacial score (nSPS) is 12.1. The summed E-state index contributed by atoms with van der Waals surface area (Å²) in [6, 6.07) is 15.1. The molecule has 17 heavy (non-hydrogen) atoms. The molecule has 0 heterocycles. The SMILES string of the molecule is O=[N+]([O-])c1ccc([C@H](O)c2ccccc2)cc1. The van der Waals surface area contributed by atoms with Crippen molar-refractivity contribution in [2.24, 2.45) is 0 Å². The average Bonchev–Trinajstić information content (AvgIpc) is 2.39. The van der Waals surface area contributed by atoms with Crippen LogP contribution < -0.4 is 0 Å². The lowest BCUT2D eigenvalue weighted by molar-refractivity contribution is -0.384. The second-order valence-electron chi connectivity index (χ2n) is 3.66. The van der Waals surface area contributed by atoms with Crippen molar-refractivity contribution >= 4 is 5.69 Å². The minimum Gasteiger partial charge on any atom is -0.384 e. The molecule has 0 aliphatic heterocycles. The maximum absolute atomic E-state index is 10.5. The van der Waals surface area contributed by atoms with Gasteiger partial charge in [-0.05, 0) is 23.3 Å². The van der Waals surface area contributed by atoms with Crippen LogP contribution in [-0.4, -0.2) is 10.0 Å². The predicted molar refractivity (Wildman–Crippen MR) is 63.6 cm³/mol. The zero-order chi connectivity index (χ0) is 12.3. The summed E-state index contributed by atoms with van der Waals surface area (Å²) in [6.45, 7) is 0. The highest BCUT2D eigenvalue weighted by molar-refractivity contribution is 5.37. The van der Waals surface area contributed by atoms with Crippen LogP contribution >= 0.6 is 0 Å². The van der Waals surface area contributed by atoms with Gasteiger partial charge in [-0.25, -0.2) is 0 Å². The second-order valence-corrected chi connectivity index (χ2v) is 3.66. The van der Waals surface area contributed by atoms with E-state index in [0.29, 0.717) is 5.56 Å². The third kappa shape index (κ3) is 2.49. The molecule has 0 aromatic heterocycles. The fourth-order valence-corrected chi connectivity index (χ4v) is 1.61. The van der Waals surface area contributed by atoms with E-state index in [9.17, 15) is 15.2 Å². The van der Waals surface area contributed by atoms with Crippen LogP contribution in [0.1, 0.15) is 17.2 Å². The van der Waals surface area contributed by atoms with E-state index in [0.717, 1.165) is 5.56 Å². The Kier molecular flexibility index (Phi) is 3.16. The monoisotopic (exact) mass is 229 g/mol. The number of hydrogen-bond acceptors (Lipinski definition) is 3. The van der Waals surface area contributed by atoms with Crippen LogP contribution in [0, 0.1) is 10.1 Å². The van der Waals surface area contributed by atoms with Gasteiger partial charge in [0.15, 0.2) is 0 Å². The fourth-order valence-electron chi connectivity index (χ4n) is 1.61. The number of hydrogen-bond donors (Lipinski definition) is 1. The molecule has 0 unspecified atom stereocenters. The van der Waals surface area contributed by atoms with Crippen molar-refractivity contribution in [3.63, 3.8) is 0 Å². The van der Waals surface area contributed by atoms with Crippen molar-refractivity contribution in [2.75, 3.05) is 0 Å². The summed E-state index contributed by atoms with van der Waals surface area (Å²) in [5, 5.41) is 20.5. The van der Waals surface area contributed by atoms with Crippen LogP contribution in [0.15, 0.2) is 54.6 Å². The van der Waals surface area contributed by atoms with E-state index < -0.39 is 11.0 Å². The molecule has 0 saturated heterocycles. The van der Waals surface area contributed by atoms with Gasteiger partial charge in [0.05, 0.1) is 4.92 Å². The standard InChI is InChI=1S/C13H11NO3/c15-13(10-4-2-1-3-5-10)11-6-8-12(9-7-11)14(16)17/h1-9,13,15H/t13-/m1/s1. The Labute approximate surface area is 98.3 Å². The van der Waals surface area contributed by atoms with E-state index in [1.54, 1.807) is 12.1 Å². The van der Waals surface area contributed by atoms with Crippen molar-refractivity contribution in [3.8, 4) is 0 Å². The van der Waals surface area contributed by atoms with Crippen molar-refractivity contribution in [2.45, 2.75) is 6.10 Å². The summed E-state index contributed by atoms with van der Waals surface area (Å²) in [6.07, 6.45) is -0.753. The predicted octanol–water partition coefficient (Wildman–Crippen LogP) is 2.68. The van der Waals surface area contributed by atoms with Crippen LogP contribution in [0.3, 0.4) is 0 Å². The molecule has 0 aliphatic rings. The number of nitro groups is 1. The first-order chi connectivity index (χ1) is 8.18. The lowest BCUT2D eigenvalue weighted by atomic mass is 10.0. The molecule has 0 aliphatic carbocycles. The van der Waals surface area contributed by atoms with Gasteiger partial charge in [-0.3, -0.25) is 10.1 Å². The number of nitro benzene ring substituents is 1. The molecule has 2 aromatic rings. The summed E-state index contributed by atoms with van der Waals surface area (Å²) in [5.74, 6) is 0. The average molecular weight is 229 g/mol. The first-order valence-electron chi connectivity index (χ1n) is 5.16. The third-order valence-electron chi connectivity index (χ3n) is 2.53. The Bertz CT molecular complexity index is 508. The minimum atomic E-state index is -0.753. The molecule has 4 heteroatoms. The van der Waals surface area contributed by atoms with E-state index in [4.69, 9.17) is 0 Å². The lowest BCUT2D eigenvalue weighted by Crippen LogP contribution is -1.99. The molecule has 1 N–H and O–H groups in total. The molecule has 0 fully saturated rings. The number of rotatable bonds is 3. The van der Waals surface area contributed by atoms with Gasteiger partial charge in [-0.2, -0.15) is 0 Å². The zero-order valence-corrected chi connectivity index (χ0v) is 8.98. The molecule has 0 saturated carbocycles. The van der Waals surface area contributed by atoms with Crippen molar-refractivity contribution in [3.05, 3.63) is 75.8 Å². The molecule has 4 nitrogen and oxygen atoms in total. The highest BCUT2D eigenvalue weighted by Gasteiger charge is 2.11. The maximum atomic E-state index is 10.5. The fraction of sp³-hybridized carbons (Fsp3) is 0.0769. The van der Waals surface area contributed by atoms with Gasteiger partial charge in [0.1, 0.15) is 6.10 Å². The highest BCUT2D eigenvalue weighted by atomic mass is 16.6. The van der Waals surface area contributed by atoms with Gasteiger partial charge in [-0.15, -0.1) is 0 Å². The highest BCUT2D eigenvalue weighted by Crippen LogP contribution is 2.23. The smallest absolute Gasteiger partial charge is 0.269 e. The Balaban J connectivity index is 2.26. The van der Waals surface area contributed by atoms with E-state index in [1.165, 1.54) is 12.1 Å². The first-order valence-corrected chi connectivity index (χ1v) is 5.16. The molecule has 0 bridgehead atoms. The molecular formula is C13H11NO3. The summed E-state index contributed by atoms with van der Waals surface area (Å²) < 4.78 is 0. The molecule has 0 amide bonds. The Morgan fingerprint density at radius 1 is 0.941 bits per heavy atom. The number of benzene rings is 2. The number of non-ortho nitro benzene ring substituents is 1. The van der Waals surface area contributed by atoms with Crippen LogP contribution in [0.2, 0.25) is 0 Å². The number of aliphatic hydroxyl groups excluding tert-OH is 1. The Morgan fingerprint density at radius 2 is 1.47 bits per heavy atom. The van der Waals surface area contributed by atoms with Crippen LogP contribution in [-0.2, 0) is 0 Å². The van der Waals surface area contributed by atoms with Gasteiger partial charge < -0.3 is 5.11 Å². The van der Waals surface area contributed by atoms with Crippen LogP contribution in [0.4, 0.5) is 5.69 Å². The maximum Gasteiger partial charge on any atom is 0.269 e. The largest absolute Gasteiger partial charge is 0.384 e. The molecule has 0 spiro atoms. The Hall–Kier alpha value is -2.20. The van der Waals surface area contributed by atoms with E-state index in [2.05, 4.69) is 0 Å². The van der Waals surface area contributed by atoms with Crippen molar-refractivity contribution < 1.29 is 10.0 Å². The molecule has 2 aromatic carbocycles. The molecular weight excluding hydrogens is 218 g/mol. The number of nitrogens with zero attached hydrogens (tertiary/aromatic N) is 1. The van der Waals surface area contributed by atoms with Crippen LogP contribution in [0.5, 0.6) is 0 Å². The molecule has 2 rings (SSSR count).